The zero-order valence-electron chi connectivity index (χ0n) is 67.7. The molecular weight excluding hydrogens is 1530 g/mol. The number of benzene rings is 20. The van der Waals surface area contributed by atoms with Crippen LogP contribution in [0.15, 0.2) is 413 Å². The average molecular weight is 1600 g/mol. The maximum atomic E-state index is 5.94. The van der Waals surface area contributed by atoms with E-state index in [4.69, 9.17) is 19.9 Å². The van der Waals surface area contributed by atoms with Crippen molar-refractivity contribution in [2.24, 2.45) is 0 Å². The third-order valence-corrected chi connectivity index (χ3v) is 27.0. The fourth-order valence-corrected chi connectivity index (χ4v) is 21.5. The van der Waals surface area contributed by atoms with E-state index < -0.39 is 0 Å². The summed E-state index contributed by atoms with van der Waals surface area (Å²) in [7, 11) is 0. The zero-order valence-corrected chi connectivity index (χ0v) is 67.7. The zero-order chi connectivity index (χ0) is 82.1. The molecule has 0 aliphatic carbocycles. The third kappa shape index (κ3) is 9.80. The lowest BCUT2D eigenvalue weighted by Gasteiger charge is -2.15. The minimum Gasteiger partial charge on any atom is -0.309 e. The van der Waals surface area contributed by atoms with Gasteiger partial charge < -0.3 is 18.3 Å². The Kier molecular flexibility index (Phi) is 14.3. The van der Waals surface area contributed by atoms with Crippen molar-refractivity contribution in [2.75, 3.05) is 0 Å². The van der Waals surface area contributed by atoms with Gasteiger partial charge >= 0.3 is 0 Å². The molecule has 0 saturated carbocycles. The Morgan fingerprint density at radius 2 is 0.500 bits per heavy atom. The molecule has 0 saturated heterocycles. The topological polar surface area (TPSA) is 81.1 Å². The maximum Gasteiger partial charge on any atom is 0.235 e. The van der Waals surface area contributed by atoms with Crippen molar-refractivity contribution in [2.45, 2.75) is 0 Å². The second-order valence-corrected chi connectivity index (χ2v) is 33.5. The van der Waals surface area contributed by atoms with E-state index in [0.29, 0.717) is 11.9 Å². The van der Waals surface area contributed by atoms with Crippen molar-refractivity contribution in [1.29, 1.82) is 0 Å². The van der Waals surface area contributed by atoms with Crippen LogP contribution in [0.1, 0.15) is 0 Å². The standard InChI is InChI=1S/C116H68N10/c1-2-28-73-64-76(53-50-69(73)24-1)121-98-45-17-11-37-88(98)109-103(121)60-61-104-110(109)89-38-12-18-46-99(89)123(104)78-55-57-84-92-65-75(52-59-102(92)126(108(84)68-78)115-117-94-43-15-9-36-87(94)113(119-115)85-41-21-29-70-25-3-6-32-79(70)85)74-51-58-95-93(66-74)114(86-42-22-30-71-26-4-7-33-80(71)86)120-116(118-95)125-97-44-16-10-35-82(97)83-56-54-77(67-107(83)125)122-100-47-19-13-39-90(100)111-105(122)62-63-106-112(111)91-40-14-20-48-101(91)124(106)96-49-23-31-72-27-5-8-34-81(72)96/h1-68H. The normalized spacial score (nSPS) is 12.3. The first kappa shape index (κ1) is 68.7. The van der Waals surface area contributed by atoms with E-state index in [0.717, 1.165) is 182 Å². The van der Waals surface area contributed by atoms with Gasteiger partial charge in [-0.3, -0.25) is 9.13 Å². The number of nitrogens with zero attached hydrogens (tertiary/aromatic N) is 10. The van der Waals surface area contributed by atoms with Crippen LogP contribution in [-0.4, -0.2) is 47.3 Å². The van der Waals surface area contributed by atoms with Gasteiger partial charge in [0.05, 0.1) is 94.3 Å². The summed E-state index contributed by atoms with van der Waals surface area (Å²) in [5.41, 5.74) is 25.0. The number of hydrogen-bond donors (Lipinski definition) is 0. The summed E-state index contributed by atoms with van der Waals surface area (Å²) in [6, 6.07) is 151. The highest BCUT2D eigenvalue weighted by Crippen LogP contribution is 2.49. The van der Waals surface area contributed by atoms with Crippen LogP contribution < -0.4 is 0 Å². The molecule has 28 rings (SSSR count). The second kappa shape index (κ2) is 26.2. The summed E-state index contributed by atoms with van der Waals surface area (Å²) in [5.74, 6) is 1.16. The Bertz CT molecular complexity index is 9650. The van der Waals surface area contributed by atoms with E-state index in [9.17, 15) is 0 Å². The van der Waals surface area contributed by atoms with E-state index in [1.54, 1.807) is 0 Å². The Balaban J connectivity index is 0.642. The molecule has 0 aliphatic heterocycles. The van der Waals surface area contributed by atoms with Gasteiger partial charge in [-0.25, -0.2) is 19.9 Å². The van der Waals surface area contributed by atoms with Gasteiger partial charge in [0.2, 0.25) is 11.9 Å². The highest BCUT2D eigenvalue weighted by Gasteiger charge is 2.28. The Morgan fingerprint density at radius 1 is 0.159 bits per heavy atom. The van der Waals surface area contributed by atoms with Crippen LogP contribution in [0.5, 0.6) is 0 Å². The molecule has 0 N–H and O–H groups in total. The van der Waals surface area contributed by atoms with Gasteiger partial charge in [0.15, 0.2) is 0 Å². The maximum absolute atomic E-state index is 5.94. The van der Waals surface area contributed by atoms with Crippen molar-refractivity contribution in [3.05, 3.63) is 413 Å². The molecular formula is C116H68N10. The summed E-state index contributed by atoms with van der Waals surface area (Å²) in [4.78, 5) is 23.1. The lowest BCUT2D eigenvalue weighted by atomic mass is 9.96. The first-order valence-corrected chi connectivity index (χ1v) is 43.1. The molecule has 0 bridgehead atoms. The van der Waals surface area contributed by atoms with Crippen LogP contribution in [0.2, 0.25) is 0 Å². The van der Waals surface area contributed by atoms with Crippen LogP contribution in [0, 0.1) is 0 Å². The van der Waals surface area contributed by atoms with Crippen LogP contribution in [0.4, 0.5) is 0 Å². The van der Waals surface area contributed by atoms with Gasteiger partial charge in [-0.2, -0.15) is 0 Å². The van der Waals surface area contributed by atoms with Crippen LogP contribution in [-0.2, 0) is 0 Å². The van der Waals surface area contributed by atoms with Crippen molar-refractivity contribution < 1.29 is 0 Å². The van der Waals surface area contributed by atoms with E-state index in [2.05, 4.69) is 440 Å². The molecule has 0 fully saturated rings. The van der Waals surface area contributed by atoms with E-state index >= 15 is 0 Å². The predicted octanol–water partition coefficient (Wildman–Crippen LogP) is 29.8. The quantitative estimate of drug-likeness (QED) is 0.144. The van der Waals surface area contributed by atoms with Crippen molar-refractivity contribution in [3.63, 3.8) is 0 Å². The number of para-hydroxylation sites is 6. The molecule has 20 aromatic carbocycles. The Labute approximate surface area is 719 Å². The smallest absolute Gasteiger partial charge is 0.235 e. The molecule has 0 unspecified atom stereocenters. The molecule has 8 aromatic heterocycles. The minimum atomic E-state index is 0.580. The Hall–Kier alpha value is -17.1. The molecule has 8 heterocycles. The summed E-state index contributed by atoms with van der Waals surface area (Å²) in [6.07, 6.45) is 0. The molecule has 0 radical (unpaired) electrons. The number of fused-ring (bicyclic) bond motifs is 26. The van der Waals surface area contributed by atoms with Gasteiger partial charge in [0.1, 0.15) is 0 Å². The van der Waals surface area contributed by atoms with Crippen molar-refractivity contribution in [1.82, 2.24) is 47.3 Å². The summed E-state index contributed by atoms with van der Waals surface area (Å²) in [6.45, 7) is 0. The molecule has 0 atom stereocenters. The summed E-state index contributed by atoms with van der Waals surface area (Å²) < 4.78 is 14.4. The first-order valence-electron chi connectivity index (χ1n) is 43.1. The minimum absolute atomic E-state index is 0.580. The first-order chi connectivity index (χ1) is 62.5. The second-order valence-electron chi connectivity index (χ2n) is 33.5. The number of rotatable bonds is 9. The van der Waals surface area contributed by atoms with Crippen LogP contribution in [0.25, 0.3) is 264 Å². The van der Waals surface area contributed by atoms with Gasteiger partial charge in [0, 0.05) is 109 Å². The summed E-state index contributed by atoms with van der Waals surface area (Å²) in [5, 5.41) is 25.3. The SMILES string of the molecule is c1ccc2cc(-n3c4ccccc4c4c5c6ccccc6n(-c6ccc7c8cc(-c9ccc%10nc(-n%11c%12ccccc%12c%12ccc(-n%13c%14ccccc%14c%14c%15c%16ccccc%16n(-c%16cccc%17ccccc%16%17)c%15ccc%14%13)cc%12%11)nc(-c%11cccc%12ccccc%11%12)c%10c9)ccc8n(-c8nc(-c9cccc%10ccccc9%10)c9ccccc9n8)c7c6)c5ccc43)ccc2c1. The van der Waals surface area contributed by atoms with Crippen LogP contribution in [0.3, 0.4) is 0 Å². The summed E-state index contributed by atoms with van der Waals surface area (Å²) >= 11 is 0. The van der Waals surface area contributed by atoms with E-state index in [1.807, 2.05) is 0 Å². The Morgan fingerprint density at radius 3 is 1.04 bits per heavy atom. The van der Waals surface area contributed by atoms with Gasteiger partial charge in [0.25, 0.3) is 0 Å². The van der Waals surface area contributed by atoms with E-state index in [1.165, 1.54) is 70.2 Å². The molecule has 0 amide bonds. The highest BCUT2D eigenvalue weighted by atomic mass is 15.2. The molecule has 126 heavy (non-hydrogen) atoms. The molecule has 10 heteroatoms. The van der Waals surface area contributed by atoms with Crippen molar-refractivity contribution >= 4 is 196 Å². The average Bonchev–Trinajstić information content (AvgIpc) is 1.54. The molecule has 582 valence electrons. The highest BCUT2D eigenvalue weighted by molar-refractivity contribution is 6.31. The fraction of sp³-hybridized carbons (Fsp3) is 0. The number of hydrogen-bond acceptors (Lipinski definition) is 4. The molecule has 28 aromatic rings. The monoisotopic (exact) mass is 1600 g/mol. The van der Waals surface area contributed by atoms with Crippen molar-refractivity contribution in [3.8, 4) is 68.3 Å². The molecule has 10 nitrogen and oxygen atoms in total. The lowest BCUT2D eigenvalue weighted by molar-refractivity contribution is 1.01. The van der Waals surface area contributed by atoms with Crippen LogP contribution >= 0.6 is 0 Å². The number of aromatic nitrogens is 10. The molecule has 0 spiro atoms. The fourth-order valence-electron chi connectivity index (χ4n) is 21.5. The van der Waals surface area contributed by atoms with Gasteiger partial charge in [-0.05, 0) is 176 Å². The van der Waals surface area contributed by atoms with E-state index in [-0.39, 0.29) is 0 Å². The largest absolute Gasteiger partial charge is 0.309 e. The molecule has 0 aliphatic rings. The van der Waals surface area contributed by atoms with Gasteiger partial charge in [-0.1, -0.05) is 285 Å². The third-order valence-electron chi connectivity index (χ3n) is 27.0. The lowest BCUT2D eigenvalue weighted by Crippen LogP contribution is -2.04. The van der Waals surface area contributed by atoms with Gasteiger partial charge in [-0.15, -0.1) is 0 Å². The predicted molar refractivity (Wildman–Crippen MR) is 525 cm³/mol.